The molecule has 1 aliphatic rings. The number of allylic oxidation sites excluding steroid dienone is 1. The summed E-state index contributed by atoms with van der Waals surface area (Å²) in [5, 5.41) is 0. The molecule has 0 spiro atoms. The Morgan fingerprint density at radius 3 is 2.15 bits per heavy atom. The van der Waals surface area contributed by atoms with Crippen LogP contribution in [-0.4, -0.2) is 13.2 Å². The third kappa shape index (κ3) is 4.99. The summed E-state index contributed by atoms with van der Waals surface area (Å²) in [7, 11) is 0. The standard InChI is InChI=1S/C22H23F3O2/c1-2-3-4-5-6-15-7-9-16(10-8-15)22-26-13-18(14-27-22)17-11-19(23)21(25)20(24)12-17/h2,7-12,18,22H,1,3-6,13-14H2. The van der Waals surface area contributed by atoms with Gasteiger partial charge in [0.1, 0.15) is 0 Å². The fourth-order valence-electron chi connectivity index (χ4n) is 3.16. The molecule has 0 aromatic heterocycles. The SMILES string of the molecule is C=CCCCCc1ccc(C2OCC(c3cc(F)c(F)c(F)c3)CO2)cc1. The monoisotopic (exact) mass is 376 g/mol. The van der Waals surface area contributed by atoms with Crippen LogP contribution in [0.1, 0.15) is 48.2 Å². The number of aryl methyl sites for hydroxylation is 1. The van der Waals surface area contributed by atoms with Gasteiger partial charge in [0.15, 0.2) is 23.7 Å². The maximum Gasteiger partial charge on any atom is 0.194 e. The van der Waals surface area contributed by atoms with E-state index in [1.54, 1.807) is 0 Å². The van der Waals surface area contributed by atoms with Crippen LogP contribution in [0.3, 0.4) is 0 Å². The lowest BCUT2D eigenvalue weighted by atomic mass is 9.99. The topological polar surface area (TPSA) is 18.5 Å². The number of benzene rings is 2. The van der Waals surface area contributed by atoms with Crippen molar-refractivity contribution in [3.05, 3.63) is 83.2 Å². The smallest absolute Gasteiger partial charge is 0.194 e. The van der Waals surface area contributed by atoms with E-state index >= 15 is 0 Å². The number of unbranched alkanes of at least 4 members (excludes halogenated alkanes) is 2. The van der Waals surface area contributed by atoms with Crippen molar-refractivity contribution >= 4 is 0 Å². The van der Waals surface area contributed by atoms with Gasteiger partial charge in [-0.2, -0.15) is 0 Å². The molecule has 1 heterocycles. The second-order valence-corrected chi connectivity index (χ2v) is 6.77. The number of ether oxygens (including phenoxy) is 2. The van der Waals surface area contributed by atoms with E-state index in [1.165, 1.54) is 5.56 Å². The summed E-state index contributed by atoms with van der Waals surface area (Å²) >= 11 is 0. The van der Waals surface area contributed by atoms with Crippen LogP contribution >= 0.6 is 0 Å². The predicted octanol–water partition coefficient (Wildman–Crippen LogP) is 5.83. The van der Waals surface area contributed by atoms with Gasteiger partial charge in [-0.1, -0.05) is 30.3 Å². The molecule has 0 amide bonds. The van der Waals surface area contributed by atoms with Gasteiger partial charge in [-0.05, 0) is 48.9 Å². The summed E-state index contributed by atoms with van der Waals surface area (Å²) in [6.45, 7) is 4.22. The Kier molecular flexibility index (Phi) is 6.69. The first-order valence-electron chi connectivity index (χ1n) is 9.16. The highest BCUT2D eigenvalue weighted by Crippen LogP contribution is 2.31. The molecule has 27 heavy (non-hydrogen) atoms. The molecule has 2 nitrogen and oxygen atoms in total. The van der Waals surface area contributed by atoms with Crippen LogP contribution in [-0.2, 0) is 15.9 Å². The number of halogens is 3. The summed E-state index contributed by atoms with van der Waals surface area (Å²) in [6, 6.07) is 10.1. The van der Waals surface area contributed by atoms with Crippen molar-refractivity contribution in [2.75, 3.05) is 13.2 Å². The minimum Gasteiger partial charge on any atom is -0.348 e. The molecule has 0 atom stereocenters. The molecule has 1 aliphatic heterocycles. The Labute approximate surface area is 157 Å². The van der Waals surface area contributed by atoms with Crippen LogP contribution < -0.4 is 0 Å². The molecule has 1 saturated heterocycles. The van der Waals surface area contributed by atoms with Crippen molar-refractivity contribution in [2.45, 2.75) is 37.9 Å². The van der Waals surface area contributed by atoms with Crippen molar-refractivity contribution in [3.63, 3.8) is 0 Å². The molecule has 3 rings (SSSR count). The van der Waals surface area contributed by atoms with Gasteiger partial charge in [-0.15, -0.1) is 6.58 Å². The molecule has 1 fully saturated rings. The lowest BCUT2D eigenvalue weighted by Crippen LogP contribution is -2.26. The number of hydrogen-bond acceptors (Lipinski definition) is 2. The van der Waals surface area contributed by atoms with Crippen molar-refractivity contribution in [2.24, 2.45) is 0 Å². The average Bonchev–Trinajstić information content (AvgIpc) is 2.70. The third-order valence-corrected chi connectivity index (χ3v) is 4.75. The van der Waals surface area contributed by atoms with E-state index in [4.69, 9.17) is 9.47 Å². The fraction of sp³-hybridized carbons (Fsp3) is 0.364. The highest BCUT2D eigenvalue weighted by Gasteiger charge is 2.26. The van der Waals surface area contributed by atoms with Crippen molar-refractivity contribution in [1.29, 1.82) is 0 Å². The zero-order valence-corrected chi connectivity index (χ0v) is 15.1. The van der Waals surface area contributed by atoms with Crippen LogP contribution in [0.5, 0.6) is 0 Å². The molecule has 5 heteroatoms. The van der Waals surface area contributed by atoms with E-state index in [-0.39, 0.29) is 19.1 Å². The molecule has 2 aromatic carbocycles. The Morgan fingerprint density at radius 2 is 1.56 bits per heavy atom. The van der Waals surface area contributed by atoms with E-state index in [0.29, 0.717) is 5.56 Å². The maximum absolute atomic E-state index is 13.4. The van der Waals surface area contributed by atoms with Gasteiger partial charge in [0.25, 0.3) is 0 Å². The predicted molar refractivity (Wildman–Crippen MR) is 97.9 cm³/mol. The van der Waals surface area contributed by atoms with E-state index in [0.717, 1.165) is 43.4 Å². The van der Waals surface area contributed by atoms with Crippen LogP contribution in [0.15, 0.2) is 49.1 Å². The van der Waals surface area contributed by atoms with Gasteiger partial charge in [0, 0.05) is 11.5 Å². The second-order valence-electron chi connectivity index (χ2n) is 6.77. The van der Waals surface area contributed by atoms with Gasteiger partial charge in [0.2, 0.25) is 0 Å². The molecule has 0 aliphatic carbocycles. The van der Waals surface area contributed by atoms with Crippen molar-refractivity contribution in [3.8, 4) is 0 Å². The Bertz CT molecular complexity index is 743. The van der Waals surface area contributed by atoms with E-state index in [1.807, 2.05) is 18.2 Å². The van der Waals surface area contributed by atoms with Crippen LogP contribution in [0.4, 0.5) is 13.2 Å². The molecule has 0 N–H and O–H groups in total. The van der Waals surface area contributed by atoms with E-state index in [9.17, 15) is 13.2 Å². The summed E-state index contributed by atoms with van der Waals surface area (Å²) < 4.78 is 51.3. The first-order valence-corrected chi connectivity index (χ1v) is 9.16. The normalized spacial score (nSPS) is 19.8. The van der Waals surface area contributed by atoms with Crippen molar-refractivity contribution < 1.29 is 22.6 Å². The summed E-state index contributed by atoms with van der Waals surface area (Å²) in [6.07, 6.45) is 5.73. The summed E-state index contributed by atoms with van der Waals surface area (Å²) in [5.74, 6) is -4.19. The zero-order valence-electron chi connectivity index (χ0n) is 15.1. The lowest BCUT2D eigenvalue weighted by Gasteiger charge is -2.30. The molecule has 144 valence electrons. The number of hydrogen-bond donors (Lipinski definition) is 0. The van der Waals surface area contributed by atoms with Crippen LogP contribution in [0.25, 0.3) is 0 Å². The van der Waals surface area contributed by atoms with Crippen LogP contribution in [0, 0.1) is 17.5 Å². The van der Waals surface area contributed by atoms with Gasteiger partial charge in [-0.25, -0.2) is 13.2 Å². The minimum absolute atomic E-state index is 0.248. The highest BCUT2D eigenvalue weighted by atomic mass is 19.2. The first-order chi connectivity index (χ1) is 13.1. The minimum atomic E-state index is -1.46. The first kappa shape index (κ1) is 19.6. The Hall–Kier alpha value is -2.11. The van der Waals surface area contributed by atoms with E-state index in [2.05, 4.69) is 18.7 Å². The molecular formula is C22H23F3O2. The number of rotatable bonds is 7. The lowest BCUT2D eigenvalue weighted by molar-refractivity contribution is -0.191. The molecule has 2 aromatic rings. The zero-order chi connectivity index (χ0) is 19.2. The van der Waals surface area contributed by atoms with Gasteiger partial charge < -0.3 is 9.47 Å². The summed E-state index contributed by atoms with van der Waals surface area (Å²) in [4.78, 5) is 0. The van der Waals surface area contributed by atoms with Crippen LogP contribution in [0.2, 0.25) is 0 Å². The highest BCUT2D eigenvalue weighted by molar-refractivity contribution is 5.26. The Morgan fingerprint density at radius 1 is 0.926 bits per heavy atom. The largest absolute Gasteiger partial charge is 0.348 e. The maximum atomic E-state index is 13.4. The molecular weight excluding hydrogens is 353 g/mol. The Balaban J connectivity index is 1.55. The molecule has 0 unspecified atom stereocenters. The second kappa shape index (κ2) is 9.20. The fourth-order valence-corrected chi connectivity index (χ4v) is 3.16. The summed E-state index contributed by atoms with van der Waals surface area (Å²) in [5.41, 5.74) is 2.49. The van der Waals surface area contributed by atoms with Gasteiger partial charge >= 0.3 is 0 Å². The van der Waals surface area contributed by atoms with Gasteiger partial charge in [0.05, 0.1) is 13.2 Å². The van der Waals surface area contributed by atoms with Crippen molar-refractivity contribution in [1.82, 2.24) is 0 Å². The molecule has 0 saturated carbocycles. The quantitative estimate of drug-likeness (QED) is 0.344. The molecule has 0 radical (unpaired) electrons. The van der Waals surface area contributed by atoms with E-state index < -0.39 is 23.7 Å². The molecule has 0 bridgehead atoms. The van der Waals surface area contributed by atoms with Gasteiger partial charge in [-0.3, -0.25) is 0 Å². The average molecular weight is 376 g/mol. The third-order valence-electron chi connectivity index (χ3n) is 4.75.